The zero-order chi connectivity index (χ0) is 16.4. The number of carbonyl (C=O) groups excluding carboxylic acids is 1. The average molecular weight is 394 g/mol. The first-order valence-electron chi connectivity index (χ1n) is 7.53. The van der Waals surface area contributed by atoms with E-state index in [-0.39, 0.29) is 17.7 Å². The molecule has 0 saturated carbocycles. The van der Waals surface area contributed by atoms with Gasteiger partial charge in [0.1, 0.15) is 0 Å². The zero-order valence-electron chi connectivity index (χ0n) is 12.8. The van der Waals surface area contributed by atoms with Gasteiger partial charge in [-0.3, -0.25) is 4.79 Å². The molecule has 120 valence electrons. The van der Waals surface area contributed by atoms with E-state index in [0.717, 1.165) is 23.2 Å². The largest absolute Gasteiger partial charge is 0.326 e. The summed E-state index contributed by atoms with van der Waals surface area (Å²) >= 11 is 9.35. The van der Waals surface area contributed by atoms with Gasteiger partial charge in [0.25, 0.3) is 0 Å². The van der Waals surface area contributed by atoms with Crippen molar-refractivity contribution >= 4 is 39.1 Å². The maximum atomic E-state index is 12.7. The quantitative estimate of drug-likeness (QED) is 0.839. The molecule has 1 fully saturated rings. The Morgan fingerprint density at radius 2 is 1.78 bits per heavy atom. The van der Waals surface area contributed by atoms with Gasteiger partial charge in [0.05, 0.1) is 5.92 Å². The Hall–Kier alpha value is -1.36. The Labute approximate surface area is 149 Å². The number of anilines is 1. The van der Waals surface area contributed by atoms with Crippen molar-refractivity contribution < 1.29 is 4.79 Å². The average Bonchev–Trinajstić information content (AvgIpc) is 2.92. The van der Waals surface area contributed by atoms with Crippen LogP contribution in [0.5, 0.6) is 0 Å². The molecule has 2 atom stereocenters. The van der Waals surface area contributed by atoms with Gasteiger partial charge in [0.2, 0.25) is 5.91 Å². The first kappa shape index (κ1) is 16.5. The summed E-state index contributed by atoms with van der Waals surface area (Å²) in [5.74, 6) is 0.210. The number of rotatable bonds is 3. The third-order valence-corrected chi connectivity index (χ3v) is 5.03. The fourth-order valence-electron chi connectivity index (χ4n) is 3.08. The van der Waals surface area contributed by atoms with E-state index in [1.54, 1.807) is 12.1 Å². The molecular formula is C18H18BrClN2O. The summed E-state index contributed by atoms with van der Waals surface area (Å²) in [6.45, 7) is 1.65. The van der Waals surface area contributed by atoms with Crippen LogP contribution in [0.25, 0.3) is 0 Å². The molecule has 5 heteroatoms. The third kappa shape index (κ3) is 3.94. The molecule has 1 heterocycles. The van der Waals surface area contributed by atoms with Crippen LogP contribution in [0, 0.1) is 5.92 Å². The van der Waals surface area contributed by atoms with Crippen LogP contribution in [-0.4, -0.2) is 30.9 Å². The number of hydrogen-bond donors (Lipinski definition) is 1. The molecule has 0 unspecified atom stereocenters. The van der Waals surface area contributed by atoms with Gasteiger partial charge in [0.15, 0.2) is 0 Å². The van der Waals surface area contributed by atoms with Crippen molar-refractivity contribution in [1.29, 1.82) is 0 Å². The number of hydrogen-bond acceptors (Lipinski definition) is 2. The highest BCUT2D eigenvalue weighted by atomic mass is 79.9. The summed E-state index contributed by atoms with van der Waals surface area (Å²) in [7, 11) is 2.06. The molecule has 1 aliphatic rings. The Morgan fingerprint density at radius 1 is 1.13 bits per heavy atom. The molecule has 1 saturated heterocycles. The van der Waals surface area contributed by atoms with Crippen LogP contribution < -0.4 is 5.32 Å². The van der Waals surface area contributed by atoms with Crippen molar-refractivity contribution in [2.75, 3.05) is 25.5 Å². The first-order chi connectivity index (χ1) is 11.0. The highest BCUT2D eigenvalue weighted by Crippen LogP contribution is 2.33. The summed E-state index contributed by atoms with van der Waals surface area (Å²) < 4.78 is 1.05. The van der Waals surface area contributed by atoms with E-state index in [2.05, 4.69) is 45.3 Å². The molecule has 0 aliphatic carbocycles. The van der Waals surface area contributed by atoms with Gasteiger partial charge in [-0.1, -0.05) is 39.7 Å². The van der Waals surface area contributed by atoms with Crippen LogP contribution in [0.1, 0.15) is 11.5 Å². The molecule has 1 N–H and O–H groups in total. The molecule has 0 spiro atoms. The third-order valence-electron chi connectivity index (χ3n) is 4.25. The smallest absolute Gasteiger partial charge is 0.229 e. The predicted molar refractivity (Wildman–Crippen MR) is 98.0 cm³/mol. The number of benzene rings is 2. The van der Waals surface area contributed by atoms with E-state index < -0.39 is 0 Å². The van der Waals surface area contributed by atoms with Gasteiger partial charge in [-0.25, -0.2) is 0 Å². The Balaban J connectivity index is 1.77. The van der Waals surface area contributed by atoms with Crippen LogP contribution in [0.15, 0.2) is 53.0 Å². The lowest BCUT2D eigenvalue weighted by Gasteiger charge is -2.18. The minimum absolute atomic E-state index is 0.0585. The summed E-state index contributed by atoms with van der Waals surface area (Å²) in [4.78, 5) is 14.9. The van der Waals surface area contributed by atoms with Crippen LogP contribution in [0.4, 0.5) is 5.69 Å². The van der Waals surface area contributed by atoms with Gasteiger partial charge in [-0.15, -0.1) is 0 Å². The highest BCUT2D eigenvalue weighted by Gasteiger charge is 2.36. The second-order valence-electron chi connectivity index (χ2n) is 5.98. The monoisotopic (exact) mass is 392 g/mol. The van der Waals surface area contributed by atoms with E-state index in [1.807, 2.05) is 24.3 Å². The first-order valence-corrected chi connectivity index (χ1v) is 8.70. The topological polar surface area (TPSA) is 32.3 Å². The van der Waals surface area contributed by atoms with Gasteiger partial charge < -0.3 is 10.2 Å². The molecule has 1 amide bonds. The molecule has 23 heavy (non-hydrogen) atoms. The standard InChI is InChI=1S/C18H18BrClN2O/c1-22-10-16(12-2-4-13(19)5-3-12)17(11-22)18(23)21-15-8-6-14(20)7-9-15/h2-9,16-17H,10-11H2,1H3,(H,21,23)/t16-,17+/m1/s1. The number of likely N-dealkylation sites (tertiary alicyclic amines) is 1. The Kier molecular flexibility index (Phi) is 5.05. The van der Waals surface area contributed by atoms with Crippen molar-refractivity contribution in [3.63, 3.8) is 0 Å². The summed E-state index contributed by atoms with van der Waals surface area (Å²) in [5.41, 5.74) is 1.98. The van der Waals surface area contributed by atoms with Crippen LogP contribution in [-0.2, 0) is 4.79 Å². The number of nitrogens with zero attached hydrogens (tertiary/aromatic N) is 1. The molecular weight excluding hydrogens is 376 g/mol. The number of carbonyl (C=O) groups is 1. The number of likely N-dealkylation sites (N-methyl/N-ethyl adjacent to an activating group) is 1. The lowest BCUT2D eigenvalue weighted by molar-refractivity contribution is -0.119. The molecule has 1 aliphatic heterocycles. The Morgan fingerprint density at radius 3 is 2.43 bits per heavy atom. The van der Waals surface area contributed by atoms with Gasteiger partial charge in [-0.2, -0.15) is 0 Å². The molecule has 0 bridgehead atoms. The van der Waals surface area contributed by atoms with E-state index in [4.69, 9.17) is 11.6 Å². The SMILES string of the molecule is CN1C[C@H](C(=O)Nc2ccc(Cl)cc2)[C@@H](c2ccc(Br)cc2)C1. The van der Waals surface area contributed by atoms with Crippen LogP contribution >= 0.6 is 27.5 Å². The minimum atomic E-state index is -0.0585. The van der Waals surface area contributed by atoms with Crippen LogP contribution in [0.3, 0.4) is 0 Å². The van der Waals surface area contributed by atoms with E-state index in [9.17, 15) is 4.79 Å². The maximum absolute atomic E-state index is 12.7. The van der Waals surface area contributed by atoms with Crippen molar-refractivity contribution in [3.05, 3.63) is 63.6 Å². The van der Waals surface area contributed by atoms with Crippen molar-refractivity contribution in [1.82, 2.24) is 4.90 Å². The molecule has 2 aromatic rings. The van der Waals surface area contributed by atoms with Gasteiger partial charge in [-0.05, 0) is 49.0 Å². The lowest BCUT2D eigenvalue weighted by Crippen LogP contribution is -2.28. The maximum Gasteiger partial charge on any atom is 0.229 e. The highest BCUT2D eigenvalue weighted by molar-refractivity contribution is 9.10. The molecule has 0 aromatic heterocycles. The fourth-order valence-corrected chi connectivity index (χ4v) is 3.47. The fraction of sp³-hybridized carbons (Fsp3) is 0.278. The summed E-state index contributed by atoms with van der Waals surface area (Å²) in [6.07, 6.45) is 0. The van der Waals surface area contributed by atoms with E-state index in [0.29, 0.717) is 5.02 Å². The zero-order valence-corrected chi connectivity index (χ0v) is 15.1. The minimum Gasteiger partial charge on any atom is -0.326 e. The van der Waals surface area contributed by atoms with Crippen molar-refractivity contribution in [3.8, 4) is 0 Å². The normalized spacial score (nSPS) is 21.3. The second-order valence-corrected chi connectivity index (χ2v) is 7.33. The summed E-state index contributed by atoms with van der Waals surface area (Å²) in [6, 6.07) is 15.5. The molecule has 2 aromatic carbocycles. The molecule has 0 radical (unpaired) electrons. The summed E-state index contributed by atoms with van der Waals surface area (Å²) in [5, 5.41) is 3.67. The van der Waals surface area contributed by atoms with E-state index >= 15 is 0 Å². The van der Waals surface area contributed by atoms with Crippen molar-refractivity contribution in [2.45, 2.75) is 5.92 Å². The Bertz CT molecular complexity index is 687. The van der Waals surface area contributed by atoms with Crippen molar-refractivity contribution in [2.24, 2.45) is 5.92 Å². The number of nitrogens with one attached hydrogen (secondary N) is 1. The van der Waals surface area contributed by atoms with E-state index in [1.165, 1.54) is 5.56 Å². The number of halogens is 2. The van der Waals surface area contributed by atoms with Gasteiger partial charge >= 0.3 is 0 Å². The second kappa shape index (κ2) is 7.04. The van der Waals surface area contributed by atoms with Crippen LogP contribution in [0.2, 0.25) is 5.02 Å². The molecule has 3 nitrogen and oxygen atoms in total. The molecule has 3 rings (SSSR count). The van der Waals surface area contributed by atoms with Gasteiger partial charge in [0, 0.05) is 34.2 Å². The predicted octanol–water partition coefficient (Wildman–Crippen LogP) is 4.39. The number of amides is 1. The lowest BCUT2D eigenvalue weighted by atomic mass is 9.88.